The smallest absolute Gasteiger partial charge is 0.231 e. The zero-order valence-corrected chi connectivity index (χ0v) is 9.85. The van der Waals surface area contributed by atoms with E-state index >= 15 is 0 Å². The lowest BCUT2D eigenvalue weighted by molar-refractivity contribution is 0.174. The van der Waals surface area contributed by atoms with Crippen LogP contribution in [0, 0.1) is 0 Å². The second-order valence-electron chi connectivity index (χ2n) is 4.55. The van der Waals surface area contributed by atoms with Gasteiger partial charge in [0.1, 0.15) is 0 Å². The van der Waals surface area contributed by atoms with Gasteiger partial charge in [-0.05, 0) is 40.8 Å². The van der Waals surface area contributed by atoms with Crippen LogP contribution in [0.1, 0.15) is 16.7 Å². The molecule has 2 nitrogen and oxygen atoms in total. The van der Waals surface area contributed by atoms with Crippen molar-refractivity contribution in [3.8, 4) is 11.5 Å². The van der Waals surface area contributed by atoms with Crippen molar-refractivity contribution in [3.05, 3.63) is 65.2 Å². The van der Waals surface area contributed by atoms with Crippen LogP contribution in [0.2, 0.25) is 0 Å². The zero-order valence-electron chi connectivity index (χ0n) is 9.85. The van der Waals surface area contributed by atoms with E-state index in [0.717, 1.165) is 17.9 Å². The molecule has 2 aromatic rings. The average Bonchev–Trinajstić information content (AvgIpc) is 3.02. The van der Waals surface area contributed by atoms with Crippen LogP contribution in [0.3, 0.4) is 0 Å². The first kappa shape index (κ1) is 9.77. The second-order valence-corrected chi connectivity index (χ2v) is 4.55. The first-order valence-electron chi connectivity index (χ1n) is 6.10. The third-order valence-electron chi connectivity index (χ3n) is 3.50. The Hall–Kier alpha value is -2.22. The van der Waals surface area contributed by atoms with Gasteiger partial charge in [0.15, 0.2) is 11.5 Å². The Morgan fingerprint density at radius 2 is 1.67 bits per heavy atom. The SMILES string of the molecule is C1=C(c2ccccc2)c2cc3c(cc2C1)OCO3. The van der Waals surface area contributed by atoms with Gasteiger partial charge in [-0.3, -0.25) is 0 Å². The summed E-state index contributed by atoms with van der Waals surface area (Å²) in [7, 11) is 0. The van der Waals surface area contributed by atoms with Gasteiger partial charge in [-0.25, -0.2) is 0 Å². The van der Waals surface area contributed by atoms with E-state index in [0.29, 0.717) is 6.79 Å². The van der Waals surface area contributed by atoms with Gasteiger partial charge in [-0.1, -0.05) is 36.4 Å². The molecule has 18 heavy (non-hydrogen) atoms. The monoisotopic (exact) mass is 236 g/mol. The predicted molar refractivity (Wildman–Crippen MR) is 69.8 cm³/mol. The van der Waals surface area contributed by atoms with Crippen LogP contribution in [-0.4, -0.2) is 6.79 Å². The summed E-state index contributed by atoms with van der Waals surface area (Å²) < 4.78 is 10.9. The summed E-state index contributed by atoms with van der Waals surface area (Å²) in [5.41, 5.74) is 5.14. The minimum Gasteiger partial charge on any atom is -0.454 e. The molecular weight excluding hydrogens is 224 g/mol. The zero-order chi connectivity index (χ0) is 11.9. The van der Waals surface area contributed by atoms with Gasteiger partial charge in [0.25, 0.3) is 0 Å². The molecule has 0 unspecified atom stereocenters. The molecule has 0 N–H and O–H groups in total. The lowest BCUT2D eigenvalue weighted by atomic mass is 9.99. The highest BCUT2D eigenvalue weighted by atomic mass is 16.7. The van der Waals surface area contributed by atoms with Crippen molar-refractivity contribution < 1.29 is 9.47 Å². The molecule has 0 bridgehead atoms. The quantitative estimate of drug-likeness (QED) is 0.755. The molecule has 2 aromatic carbocycles. The van der Waals surface area contributed by atoms with Crippen molar-refractivity contribution in [2.24, 2.45) is 0 Å². The number of hydrogen-bond donors (Lipinski definition) is 0. The summed E-state index contributed by atoms with van der Waals surface area (Å²) >= 11 is 0. The molecule has 88 valence electrons. The predicted octanol–water partition coefficient (Wildman–Crippen LogP) is 3.40. The van der Waals surface area contributed by atoms with Crippen molar-refractivity contribution >= 4 is 5.57 Å². The van der Waals surface area contributed by atoms with E-state index in [1.165, 1.54) is 22.3 Å². The van der Waals surface area contributed by atoms with Crippen molar-refractivity contribution in [3.63, 3.8) is 0 Å². The van der Waals surface area contributed by atoms with Gasteiger partial charge >= 0.3 is 0 Å². The molecule has 1 aliphatic carbocycles. The molecule has 0 spiro atoms. The van der Waals surface area contributed by atoms with Gasteiger partial charge in [-0.2, -0.15) is 0 Å². The summed E-state index contributed by atoms with van der Waals surface area (Å²) in [6.45, 7) is 0.336. The van der Waals surface area contributed by atoms with Crippen molar-refractivity contribution in [2.45, 2.75) is 6.42 Å². The number of hydrogen-bond acceptors (Lipinski definition) is 2. The maximum atomic E-state index is 5.46. The third kappa shape index (κ3) is 1.35. The Bertz CT molecular complexity index is 642. The Kier molecular flexibility index (Phi) is 1.97. The van der Waals surface area contributed by atoms with E-state index in [4.69, 9.17) is 9.47 Å². The van der Waals surface area contributed by atoms with Gasteiger partial charge in [0.2, 0.25) is 6.79 Å². The molecule has 1 aliphatic heterocycles. The number of ether oxygens (including phenoxy) is 2. The number of fused-ring (bicyclic) bond motifs is 2. The van der Waals surface area contributed by atoms with Crippen molar-refractivity contribution in [1.29, 1.82) is 0 Å². The topological polar surface area (TPSA) is 18.5 Å². The summed E-state index contributed by atoms with van der Waals surface area (Å²) in [5, 5.41) is 0. The van der Waals surface area contributed by atoms with E-state index in [-0.39, 0.29) is 0 Å². The molecule has 0 aromatic heterocycles. The molecule has 0 saturated carbocycles. The summed E-state index contributed by atoms with van der Waals surface area (Å²) in [6.07, 6.45) is 3.24. The van der Waals surface area contributed by atoms with Gasteiger partial charge in [0, 0.05) is 0 Å². The molecule has 0 amide bonds. The first-order chi connectivity index (χ1) is 8.92. The standard InChI is InChI=1S/C16H12O2/c1-2-4-11(5-3-1)13-7-6-12-8-15-16(9-14(12)13)18-10-17-15/h1-5,7-9H,6,10H2. The van der Waals surface area contributed by atoms with Crippen LogP contribution in [-0.2, 0) is 6.42 Å². The Labute approximate surface area is 105 Å². The molecule has 1 heterocycles. The Morgan fingerprint density at radius 3 is 2.50 bits per heavy atom. The summed E-state index contributed by atoms with van der Waals surface area (Å²) in [4.78, 5) is 0. The van der Waals surface area contributed by atoms with Gasteiger partial charge in [0.05, 0.1) is 0 Å². The molecular formula is C16H12O2. The molecule has 4 rings (SSSR count). The van der Waals surface area contributed by atoms with Crippen LogP contribution in [0.4, 0.5) is 0 Å². The first-order valence-corrected chi connectivity index (χ1v) is 6.10. The number of allylic oxidation sites excluding steroid dienone is 1. The maximum absolute atomic E-state index is 5.46. The molecule has 2 heteroatoms. The Balaban J connectivity index is 1.84. The molecule has 0 atom stereocenters. The third-order valence-corrected chi connectivity index (χ3v) is 3.50. The van der Waals surface area contributed by atoms with Gasteiger partial charge < -0.3 is 9.47 Å². The van der Waals surface area contributed by atoms with Crippen LogP contribution in [0.5, 0.6) is 11.5 Å². The maximum Gasteiger partial charge on any atom is 0.231 e. The van der Waals surface area contributed by atoms with E-state index in [2.05, 4.69) is 42.5 Å². The van der Waals surface area contributed by atoms with Crippen molar-refractivity contribution in [2.75, 3.05) is 6.79 Å². The largest absolute Gasteiger partial charge is 0.454 e. The minimum atomic E-state index is 0.336. The molecule has 0 fully saturated rings. The van der Waals surface area contributed by atoms with E-state index in [1.807, 2.05) is 6.07 Å². The minimum absolute atomic E-state index is 0.336. The highest BCUT2D eigenvalue weighted by Crippen LogP contribution is 2.41. The molecule has 0 radical (unpaired) electrons. The Morgan fingerprint density at radius 1 is 0.889 bits per heavy atom. The highest BCUT2D eigenvalue weighted by molar-refractivity contribution is 5.85. The van der Waals surface area contributed by atoms with Crippen molar-refractivity contribution in [1.82, 2.24) is 0 Å². The van der Waals surface area contributed by atoms with Crippen LogP contribution in [0.15, 0.2) is 48.5 Å². The summed E-state index contributed by atoms with van der Waals surface area (Å²) in [6, 6.07) is 14.7. The van der Waals surface area contributed by atoms with E-state index < -0.39 is 0 Å². The second kappa shape index (κ2) is 3.64. The number of rotatable bonds is 1. The van der Waals surface area contributed by atoms with E-state index in [9.17, 15) is 0 Å². The fourth-order valence-corrected chi connectivity index (χ4v) is 2.62. The number of benzene rings is 2. The lowest BCUT2D eigenvalue weighted by Crippen LogP contribution is -1.93. The average molecular weight is 236 g/mol. The van der Waals surface area contributed by atoms with Crippen LogP contribution >= 0.6 is 0 Å². The van der Waals surface area contributed by atoms with Gasteiger partial charge in [-0.15, -0.1) is 0 Å². The van der Waals surface area contributed by atoms with Crippen LogP contribution < -0.4 is 9.47 Å². The van der Waals surface area contributed by atoms with E-state index in [1.54, 1.807) is 0 Å². The summed E-state index contributed by atoms with van der Waals surface area (Å²) in [5.74, 6) is 1.73. The lowest BCUT2D eigenvalue weighted by Gasteiger charge is -2.07. The fraction of sp³-hybridized carbons (Fsp3) is 0.125. The molecule has 0 saturated heterocycles. The molecule has 2 aliphatic rings. The highest BCUT2D eigenvalue weighted by Gasteiger charge is 2.22. The van der Waals surface area contributed by atoms with Crippen LogP contribution in [0.25, 0.3) is 5.57 Å². The fourth-order valence-electron chi connectivity index (χ4n) is 2.62. The normalized spacial score (nSPS) is 15.4.